The van der Waals surface area contributed by atoms with E-state index in [1.54, 1.807) is 13.8 Å². The van der Waals surface area contributed by atoms with E-state index < -0.39 is 57.4 Å². The molecule has 0 aliphatic carbocycles. The van der Waals surface area contributed by atoms with Crippen LogP contribution < -0.4 is 125 Å². The van der Waals surface area contributed by atoms with Crippen LogP contribution in [-0.4, -0.2) is 53.1 Å². The van der Waals surface area contributed by atoms with Crippen LogP contribution in [0.4, 0.5) is 0 Å². The van der Waals surface area contributed by atoms with E-state index in [1.807, 2.05) is 77.7 Å². The largest absolute Gasteiger partial charge is 1.00 e. The van der Waals surface area contributed by atoms with E-state index in [2.05, 4.69) is 48.5 Å². The number of carbonyl (C=O) groups is 4. The van der Waals surface area contributed by atoms with Crippen LogP contribution in [0.3, 0.4) is 0 Å². The molecular formula is C43H46NNa3O7P2. The SMILES string of the molecule is CCC(CC(CC(CC(CC)C(=O)[O-])C(=O)N1CC(P(c2ccccc2)c2ccccc2)C(P(c2ccccc2)c2ccccc2)C1)C(=O)[O-])C(=O)[O-].[Na+].[Na+].[Na+]. The first-order valence-corrected chi connectivity index (χ1v) is 21.1. The number of benzene rings is 4. The molecular weight excluding hydrogens is 773 g/mol. The van der Waals surface area contributed by atoms with Gasteiger partial charge < -0.3 is 34.6 Å². The quantitative estimate of drug-likeness (QED) is 0.0720. The Morgan fingerprint density at radius 3 is 1.04 bits per heavy atom. The van der Waals surface area contributed by atoms with E-state index in [-0.39, 0.29) is 138 Å². The molecule has 13 heteroatoms. The second-order valence-corrected chi connectivity index (χ2v) is 18.6. The number of hydrogen-bond acceptors (Lipinski definition) is 7. The molecule has 0 spiro atoms. The van der Waals surface area contributed by atoms with Gasteiger partial charge in [0.05, 0.1) is 0 Å². The van der Waals surface area contributed by atoms with Crippen molar-refractivity contribution in [2.45, 2.75) is 57.3 Å². The van der Waals surface area contributed by atoms with E-state index in [0.29, 0.717) is 13.1 Å². The van der Waals surface area contributed by atoms with Crippen molar-refractivity contribution in [1.29, 1.82) is 0 Å². The molecule has 4 aromatic carbocycles. The fourth-order valence-corrected chi connectivity index (χ4v) is 14.1. The molecule has 1 heterocycles. The zero-order valence-electron chi connectivity index (χ0n) is 33.2. The van der Waals surface area contributed by atoms with Crippen LogP contribution in [0.15, 0.2) is 121 Å². The number of carboxylic acids is 3. The second kappa shape index (κ2) is 25.3. The number of aliphatic carboxylic acids is 3. The van der Waals surface area contributed by atoms with Crippen LogP contribution in [0.1, 0.15) is 46.0 Å². The summed E-state index contributed by atoms with van der Waals surface area (Å²) in [6.07, 6.45) is -0.266. The van der Waals surface area contributed by atoms with Crippen molar-refractivity contribution in [3.05, 3.63) is 121 Å². The Balaban J connectivity index is 0.00000361. The minimum atomic E-state index is -1.46. The summed E-state index contributed by atoms with van der Waals surface area (Å²) in [5.41, 5.74) is -0.0120. The van der Waals surface area contributed by atoms with Crippen LogP contribution in [-0.2, 0) is 19.2 Å². The van der Waals surface area contributed by atoms with Gasteiger partial charge in [0.2, 0.25) is 5.91 Å². The van der Waals surface area contributed by atoms with E-state index in [9.17, 15) is 34.5 Å². The van der Waals surface area contributed by atoms with Crippen molar-refractivity contribution in [2.75, 3.05) is 13.1 Å². The van der Waals surface area contributed by atoms with Gasteiger partial charge in [-0.15, -0.1) is 0 Å². The fraction of sp³-hybridized carbons (Fsp3) is 0.349. The van der Waals surface area contributed by atoms with Crippen LogP contribution in [0, 0.1) is 23.7 Å². The summed E-state index contributed by atoms with van der Waals surface area (Å²) in [6.45, 7) is 4.12. The van der Waals surface area contributed by atoms with Crippen LogP contribution >= 0.6 is 15.8 Å². The van der Waals surface area contributed by atoms with Crippen molar-refractivity contribution < 1.29 is 123 Å². The molecule has 8 nitrogen and oxygen atoms in total. The molecule has 6 atom stereocenters. The summed E-state index contributed by atoms with van der Waals surface area (Å²) in [6, 6.07) is 41.4. The monoisotopic (exact) mass is 819 g/mol. The Morgan fingerprint density at radius 1 is 0.500 bits per heavy atom. The number of nitrogens with zero attached hydrogens (tertiary/aromatic N) is 1. The fourth-order valence-electron chi connectivity index (χ4n) is 7.61. The molecule has 56 heavy (non-hydrogen) atoms. The molecule has 0 radical (unpaired) electrons. The summed E-state index contributed by atoms with van der Waals surface area (Å²) in [5, 5.41) is 41.2. The molecule has 1 aliphatic heterocycles. The van der Waals surface area contributed by atoms with Crippen molar-refractivity contribution in [2.24, 2.45) is 23.7 Å². The van der Waals surface area contributed by atoms with Gasteiger partial charge in [0.15, 0.2) is 0 Å². The summed E-state index contributed by atoms with van der Waals surface area (Å²) in [5.74, 6) is -8.76. The van der Waals surface area contributed by atoms with Crippen LogP contribution in [0.25, 0.3) is 0 Å². The van der Waals surface area contributed by atoms with Crippen molar-refractivity contribution in [3.8, 4) is 0 Å². The molecule has 278 valence electrons. The number of carboxylic acid groups (broad SMARTS) is 3. The maximum Gasteiger partial charge on any atom is 1.00 e. The molecule has 1 aliphatic rings. The molecule has 0 N–H and O–H groups in total. The second-order valence-electron chi connectivity index (χ2n) is 13.7. The van der Waals surface area contributed by atoms with Crippen LogP contribution in [0.5, 0.6) is 0 Å². The summed E-state index contributed by atoms with van der Waals surface area (Å²) in [7, 11) is -2.02. The predicted octanol–water partition coefficient (Wildman–Crippen LogP) is -6.45. The van der Waals surface area contributed by atoms with Gasteiger partial charge in [-0.3, -0.25) is 4.79 Å². The number of likely N-dealkylation sites (tertiary alicyclic amines) is 1. The molecule has 1 saturated heterocycles. The maximum atomic E-state index is 14.9. The van der Waals surface area contributed by atoms with E-state index in [0.717, 1.165) is 0 Å². The first-order chi connectivity index (χ1) is 25.6. The predicted molar refractivity (Wildman–Crippen MR) is 206 cm³/mol. The maximum absolute atomic E-state index is 14.9. The molecule has 0 bridgehead atoms. The van der Waals surface area contributed by atoms with Gasteiger partial charge in [0, 0.05) is 48.2 Å². The number of amides is 1. The standard InChI is InChI=1S/C43H49NO7P2.3Na/c1-3-30(41(46)47)25-32(27-33(43(50)51)26-31(4-2)42(48)49)40(45)44-28-38(52(34-17-9-5-10-18-34)35-19-11-6-12-20-35)39(29-44)53(36-21-13-7-14-22-36)37-23-15-8-16-24-37;;;/h5-24,30-33,38-39H,3-4,25-29H2,1-2H3,(H,46,47)(H,48,49)(H,50,51);;;/q;3*+1/p-3. The minimum Gasteiger partial charge on any atom is -0.550 e. The Labute approximate surface area is 400 Å². The van der Waals surface area contributed by atoms with Crippen molar-refractivity contribution in [3.63, 3.8) is 0 Å². The number of carbonyl (C=O) groups excluding carboxylic acids is 4. The molecule has 4 aromatic rings. The summed E-state index contributed by atoms with van der Waals surface area (Å²) >= 11 is 0. The smallest absolute Gasteiger partial charge is 0.550 e. The normalized spacial score (nSPS) is 17.0. The molecule has 0 saturated carbocycles. The van der Waals surface area contributed by atoms with Gasteiger partial charge in [-0.05, 0) is 86.9 Å². The third kappa shape index (κ3) is 13.3. The van der Waals surface area contributed by atoms with E-state index in [4.69, 9.17) is 0 Å². The molecule has 1 amide bonds. The van der Waals surface area contributed by atoms with E-state index in [1.165, 1.54) is 21.2 Å². The number of hydrogen-bond donors (Lipinski definition) is 0. The third-order valence-electron chi connectivity index (χ3n) is 10.4. The first-order valence-electron chi connectivity index (χ1n) is 18.3. The average molecular weight is 820 g/mol. The van der Waals surface area contributed by atoms with Gasteiger partial charge >= 0.3 is 88.7 Å². The average Bonchev–Trinajstić information content (AvgIpc) is 3.59. The summed E-state index contributed by atoms with van der Waals surface area (Å²) in [4.78, 5) is 53.3. The Kier molecular flexibility index (Phi) is 22.9. The van der Waals surface area contributed by atoms with Gasteiger partial charge in [0.25, 0.3) is 0 Å². The minimum absolute atomic E-state index is 0. The van der Waals surface area contributed by atoms with Gasteiger partial charge in [-0.2, -0.15) is 0 Å². The van der Waals surface area contributed by atoms with Gasteiger partial charge in [-0.25, -0.2) is 0 Å². The Hall–Kier alpha value is -1.38. The Morgan fingerprint density at radius 2 is 0.768 bits per heavy atom. The van der Waals surface area contributed by atoms with E-state index >= 15 is 0 Å². The topological polar surface area (TPSA) is 141 Å². The number of rotatable bonds is 18. The molecule has 6 unspecified atom stereocenters. The first kappa shape index (κ1) is 50.8. The zero-order chi connectivity index (χ0) is 37.9. The van der Waals surface area contributed by atoms with Crippen LogP contribution in [0.2, 0.25) is 0 Å². The Bertz CT molecular complexity index is 1640. The summed E-state index contributed by atoms with van der Waals surface area (Å²) < 4.78 is 0. The molecule has 1 fully saturated rings. The third-order valence-corrected chi connectivity index (χ3v) is 16.4. The van der Waals surface area contributed by atoms with Crippen molar-refractivity contribution >= 4 is 60.9 Å². The van der Waals surface area contributed by atoms with Crippen molar-refractivity contribution in [1.82, 2.24) is 4.90 Å². The molecule has 0 aromatic heterocycles. The molecule has 5 rings (SSSR count). The van der Waals surface area contributed by atoms with Gasteiger partial charge in [0.1, 0.15) is 0 Å². The van der Waals surface area contributed by atoms with Gasteiger partial charge in [-0.1, -0.05) is 135 Å². The zero-order valence-corrected chi connectivity index (χ0v) is 40.9.